The minimum Gasteiger partial charge on any atom is -0.356 e. The number of nitrogens with zero attached hydrogens (tertiary/aromatic N) is 2. The van der Waals surface area contributed by atoms with Crippen molar-refractivity contribution in [2.75, 3.05) is 19.6 Å². The van der Waals surface area contributed by atoms with Gasteiger partial charge in [-0.25, -0.2) is 0 Å². The minimum atomic E-state index is -0.0776. The largest absolute Gasteiger partial charge is 0.356 e. The van der Waals surface area contributed by atoms with Crippen LogP contribution in [0.3, 0.4) is 0 Å². The number of hydrogen-bond acceptors (Lipinski definition) is 4. The summed E-state index contributed by atoms with van der Waals surface area (Å²) in [5.41, 5.74) is 1.45. The van der Waals surface area contributed by atoms with Crippen molar-refractivity contribution < 1.29 is 9.59 Å². The molecule has 110 valence electrons. The summed E-state index contributed by atoms with van der Waals surface area (Å²) in [6, 6.07) is 0. The third-order valence-electron chi connectivity index (χ3n) is 3.61. The van der Waals surface area contributed by atoms with Crippen LogP contribution in [0, 0.1) is 12.8 Å². The molecular formula is C14H21N3O2S. The molecule has 6 heteroatoms. The van der Waals surface area contributed by atoms with Gasteiger partial charge in [-0.05, 0) is 37.7 Å². The lowest BCUT2D eigenvalue weighted by Gasteiger charge is -2.32. The quantitative estimate of drug-likeness (QED) is 0.922. The van der Waals surface area contributed by atoms with Crippen molar-refractivity contribution in [3.63, 3.8) is 0 Å². The van der Waals surface area contributed by atoms with Crippen LogP contribution in [0.15, 0.2) is 5.38 Å². The Bertz CT molecular complexity index is 487. The first kappa shape index (κ1) is 15.0. The molecule has 1 saturated heterocycles. The average Bonchev–Trinajstić information content (AvgIpc) is 2.90. The van der Waals surface area contributed by atoms with Crippen molar-refractivity contribution in [3.8, 4) is 0 Å². The summed E-state index contributed by atoms with van der Waals surface area (Å²) in [7, 11) is 0. The fourth-order valence-corrected chi connectivity index (χ4v) is 3.12. The number of aromatic nitrogens is 1. The van der Waals surface area contributed by atoms with Crippen molar-refractivity contribution in [3.05, 3.63) is 16.6 Å². The number of carbonyl (C=O) groups excluding carboxylic acids is 2. The third kappa shape index (κ3) is 3.36. The molecule has 1 aromatic heterocycles. The number of rotatable bonds is 4. The lowest BCUT2D eigenvalue weighted by atomic mass is 9.96. The van der Waals surface area contributed by atoms with Gasteiger partial charge in [0.15, 0.2) is 0 Å². The first-order chi connectivity index (χ1) is 9.63. The molecule has 1 atom stereocenters. The Kier molecular flexibility index (Phi) is 5.11. The molecule has 20 heavy (non-hydrogen) atoms. The van der Waals surface area contributed by atoms with Gasteiger partial charge in [-0.15, -0.1) is 0 Å². The maximum Gasteiger partial charge on any atom is 0.256 e. The molecule has 1 aliphatic rings. The second-order valence-electron chi connectivity index (χ2n) is 5.19. The highest BCUT2D eigenvalue weighted by Gasteiger charge is 2.29. The summed E-state index contributed by atoms with van der Waals surface area (Å²) < 4.78 is 4.14. The highest BCUT2D eigenvalue weighted by atomic mass is 32.1. The van der Waals surface area contributed by atoms with Crippen LogP contribution in [0.1, 0.15) is 42.2 Å². The molecule has 2 rings (SSSR count). The minimum absolute atomic E-state index is 0.00393. The number of nitrogens with one attached hydrogen (secondary N) is 1. The van der Waals surface area contributed by atoms with Crippen molar-refractivity contribution >= 4 is 23.3 Å². The van der Waals surface area contributed by atoms with Crippen LogP contribution >= 0.6 is 11.5 Å². The van der Waals surface area contributed by atoms with Gasteiger partial charge >= 0.3 is 0 Å². The van der Waals surface area contributed by atoms with E-state index in [0.717, 1.165) is 31.5 Å². The normalized spacial score (nSPS) is 18.9. The van der Waals surface area contributed by atoms with Crippen molar-refractivity contribution in [2.45, 2.75) is 33.1 Å². The molecule has 5 nitrogen and oxygen atoms in total. The molecule has 2 amide bonds. The molecular weight excluding hydrogens is 274 g/mol. The van der Waals surface area contributed by atoms with Crippen molar-refractivity contribution in [1.82, 2.24) is 14.6 Å². The summed E-state index contributed by atoms with van der Waals surface area (Å²) in [6.07, 6.45) is 2.67. The number of carbonyl (C=O) groups is 2. The molecule has 0 spiro atoms. The van der Waals surface area contributed by atoms with E-state index in [2.05, 4.69) is 9.69 Å². The number of piperidine rings is 1. The van der Waals surface area contributed by atoms with Gasteiger partial charge in [0, 0.05) is 25.0 Å². The van der Waals surface area contributed by atoms with E-state index in [0.29, 0.717) is 18.7 Å². The van der Waals surface area contributed by atoms with Gasteiger partial charge in [-0.2, -0.15) is 4.37 Å². The van der Waals surface area contributed by atoms with E-state index in [1.807, 2.05) is 13.8 Å². The molecule has 1 aromatic rings. The topological polar surface area (TPSA) is 62.3 Å². The summed E-state index contributed by atoms with van der Waals surface area (Å²) in [6.45, 7) is 5.83. The summed E-state index contributed by atoms with van der Waals surface area (Å²) in [4.78, 5) is 26.2. The highest BCUT2D eigenvalue weighted by molar-refractivity contribution is 7.03. The van der Waals surface area contributed by atoms with E-state index >= 15 is 0 Å². The van der Waals surface area contributed by atoms with Gasteiger partial charge in [-0.1, -0.05) is 6.92 Å². The SMILES string of the molecule is CCCNC(=O)C1CCCN(C(=O)c2csnc2C)C1. The van der Waals surface area contributed by atoms with Crippen LogP contribution in [0.4, 0.5) is 0 Å². The lowest BCUT2D eigenvalue weighted by molar-refractivity contribution is -0.126. The molecule has 0 radical (unpaired) electrons. The van der Waals surface area contributed by atoms with Crippen LogP contribution in [0.25, 0.3) is 0 Å². The van der Waals surface area contributed by atoms with Gasteiger partial charge in [0.05, 0.1) is 17.2 Å². The molecule has 0 saturated carbocycles. The van der Waals surface area contributed by atoms with E-state index < -0.39 is 0 Å². The van der Waals surface area contributed by atoms with Crippen molar-refractivity contribution in [2.24, 2.45) is 5.92 Å². The fraction of sp³-hybridized carbons (Fsp3) is 0.643. The van der Waals surface area contributed by atoms with Gasteiger partial charge < -0.3 is 10.2 Å². The molecule has 0 bridgehead atoms. The summed E-state index contributed by atoms with van der Waals surface area (Å²) in [5, 5.41) is 4.71. The second-order valence-corrected chi connectivity index (χ2v) is 5.82. The molecule has 1 aliphatic heterocycles. The predicted octanol–water partition coefficient (Wildman–Crippen LogP) is 1.83. The summed E-state index contributed by atoms with van der Waals surface area (Å²) in [5.74, 6) is -0.0000851. The maximum absolute atomic E-state index is 12.4. The Morgan fingerprint density at radius 3 is 3.00 bits per heavy atom. The number of amides is 2. The zero-order valence-electron chi connectivity index (χ0n) is 12.0. The molecule has 0 aliphatic carbocycles. The van der Waals surface area contributed by atoms with Gasteiger partial charge in [0.2, 0.25) is 5.91 Å². The van der Waals surface area contributed by atoms with Gasteiger partial charge in [-0.3, -0.25) is 9.59 Å². The Balaban J connectivity index is 1.98. The fourth-order valence-electron chi connectivity index (χ4n) is 2.44. The van der Waals surface area contributed by atoms with Gasteiger partial charge in [0.1, 0.15) is 0 Å². The molecule has 2 heterocycles. The van der Waals surface area contributed by atoms with Crippen LogP contribution in [-0.2, 0) is 4.79 Å². The average molecular weight is 295 g/mol. The zero-order valence-corrected chi connectivity index (χ0v) is 12.8. The highest BCUT2D eigenvalue weighted by Crippen LogP contribution is 2.20. The Morgan fingerprint density at radius 2 is 2.35 bits per heavy atom. The van der Waals surface area contributed by atoms with E-state index in [-0.39, 0.29) is 17.7 Å². The van der Waals surface area contributed by atoms with Crippen molar-refractivity contribution in [1.29, 1.82) is 0 Å². The number of likely N-dealkylation sites (tertiary alicyclic amines) is 1. The summed E-state index contributed by atoms with van der Waals surface area (Å²) >= 11 is 1.30. The Labute approximate surface area is 123 Å². The smallest absolute Gasteiger partial charge is 0.256 e. The van der Waals surface area contributed by atoms with Crippen LogP contribution < -0.4 is 5.32 Å². The first-order valence-corrected chi connectivity index (χ1v) is 7.95. The van der Waals surface area contributed by atoms with Crippen LogP contribution in [0.5, 0.6) is 0 Å². The van der Waals surface area contributed by atoms with E-state index in [9.17, 15) is 9.59 Å². The van der Waals surface area contributed by atoms with E-state index in [1.165, 1.54) is 11.5 Å². The lowest BCUT2D eigenvalue weighted by Crippen LogP contribution is -2.45. The predicted molar refractivity (Wildman–Crippen MR) is 78.8 cm³/mol. The van der Waals surface area contributed by atoms with Gasteiger partial charge in [0.25, 0.3) is 5.91 Å². The molecule has 0 aromatic carbocycles. The maximum atomic E-state index is 12.4. The molecule has 1 unspecified atom stereocenters. The molecule has 1 N–H and O–H groups in total. The Hall–Kier alpha value is -1.43. The van der Waals surface area contributed by atoms with Crippen LogP contribution in [0.2, 0.25) is 0 Å². The number of hydrogen-bond donors (Lipinski definition) is 1. The van der Waals surface area contributed by atoms with E-state index in [1.54, 1.807) is 10.3 Å². The zero-order chi connectivity index (χ0) is 14.5. The van der Waals surface area contributed by atoms with E-state index in [4.69, 9.17) is 0 Å². The Morgan fingerprint density at radius 1 is 1.55 bits per heavy atom. The molecule has 1 fully saturated rings. The van der Waals surface area contributed by atoms with Crippen LogP contribution in [-0.4, -0.2) is 40.7 Å². The first-order valence-electron chi connectivity index (χ1n) is 7.11. The second kappa shape index (κ2) is 6.83. The third-order valence-corrected chi connectivity index (χ3v) is 4.33. The monoisotopic (exact) mass is 295 g/mol. The number of aryl methyl sites for hydroxylation is 1. The standard InChI is InChI=1S/C14H21N3O2S/c1-3-6-15-13(18)11-5-4-7-17(8-11)14(19)12-9-20-16-10(12)2/h9,11H,3-8H2,1-2H3,(H,15,18).